The van der Waals surface area contributed by atoms with Crippen molar-refractivity contribution in [2.45, 2.75) is 12.3 Å². The number of piperidine rings is 1. The predicted molar refractivity (Wildman–Crippen MR) is 113 cm³/mol. The van der Waals surface area contributed by atoms with Crippen LogP contribution < -0.4 is 30.4 Å². The molecule has 0 saturated carbocycles. The van der Waals surface area contributed by atoms with E-state index in [2.05, 4.69) is 15.2 Å². The molecule has 1 saturated heterocycles. The van der Waals surface area contributed by atoms with E-state index < -0.39 is 11.2 Å². The summed E-state index contributed by atoms with van der Waals surface area (Å²) < 4.78 is 30.3. The number of rotatable bonds is 5. The summed E-state index contributed by atoms with van der Waals surface area (Å²) in [5.74, 6) is 1.90. The lowest BCUT2D eigenvalue weighted by Gasteiger charge is -2.38. The molecular formula is C22H21FN4O5. The number of hydrogen-bond donors (Lipinski definition) is 2. The molecule has 166 valence electrons. The van der Waals surface area contributed by atoms with Crippen LogP contribution in [-0.4, -0.2) is 41.7 Å². The van der Waals surface area contributed by atoms with Gasteiger partial charge in [0.2, 0.25) is 12.6 Å². The van der Waals surface area contributed by atoms with Crippen molar-refractivity contribution >= 4 is 5.82 Å². The molecule has 2 atom stereocenters. The van der Waals surface area contributed by atoms with E-state index in [1.807, 2.05) is 11.0 Å². The SMILES string of the molecule is O=c1[nH]nc(N2CCC(c3ccc(F)cc3)C(COc3ccc4c(c3)OCO4)C2)c(=O)[nH]1. The van der Waals surface area contributed by atoms with Gasteiger partial charge in [0.1, 0.15) is 11.6 Å². The van der Waals surface area contributed by atoms with Crippen molar-refractivity contribution in [2.75, 3.05) is 31.4 Å². The zero-order valence-corrected chi connectivity index (χ0v) is 17.0. The summed E-state index contributed by atoms with van der Waals surface area (Å²) >= 11 is 0. The van der Waals surface area contributed by atoms with Crippen LogP contribution in [0.5, 0.6) is 17.2 Å². The van der Waals surface area contributed by atoms with Crippen LogP contribution in [-0.2, 0) is 0 Å². The van der Waals surface area contributed by atoms with Crippen LogP contribution in [0.3, 0.4) is 0 Å². The van der Waals surface area contributed by atoms with Crippen LogP contribution >= 0.6 is 0 Å². The van der Waals surface area contributed by atoms with Gasteiger partial charge in [0.25, 0.3) is 5.56 Å². The van der Waals surface area contributed by atoms with Crippen molar-refractivity contribution in [3.63, 3.8) is 0 Å². The minimum absolute atomic E-state index is 0.0206. The summed E-state index contributed by atoms with van der Waals surface area (Å²) in [6, 6.07) is 11.9. The first-order valence-electron chi connectivity index (χ1n) is 10.3. The first-order valence-corrected chi connectivity index (χ1v) is 10.3. The van der Waals surface area contributed by atoms with E-state index in [4.69, 9.17) is 14.2 Å². The lowest BCUT2D eigenvalue weighted by Crippen LogP contribution is -2.45. The molecule has 2 unspecified atom stereocenters. The van der Waals surface area contributed by atoms with E-state index in [-0.39, 0.29) is 30.3 Å². The van der Waals surface area contributed by atoms with Gasteiger partial charge in [0.15, 0.2) is 11.5 Å². The number of aromatic nitrogens is 3. The lowest BCUT2D eigenvalue weighted by atomic mass is 9.81. The van der Waals surface area contributed by atoms with Crippen LogP contribution in [0.2, 0.25) is 0 Å². The quantitative estimate of drug-likeness (QED) is 0.625. The van der Waals surface area contributed by atoms with E-state index in [1.165, 1.54) is 12.1 Å². The monoisotopic (exact) mass is 440 g/mol. The topological polar surface area (TPSA) is 110 Å². The van der Waals surface area contributed by atoms with E-state index in [0.717, 1.165) is 5.56 Å². The van der Waals surface area contributed by atoms with Gasteiger partial charge in [-0.15, -0.1) is 5.10 Å². The molecule has 0 radical (unpaired) electrons. The van der Waals surface area contributed by atoms with Crippen molar-refractivity contribution in [3.05, 3.63) is 74.7 Å². The molecule has 9 nitrogen and oxygen atoms in total. The number of nitrogens with zero attached hydrogens (tertiary/aromatic N) is 2. The fourth-order valence-electron chi connectivity index (χ4n) is 4.27. The highest BCUT2D eigenvalue weighted by molar-refractivity contribution is 5.47. The Morgan fingerprint density at radius 3 is 2.75 bits per heavy atom. The summed E-state index contributed by atoms with van der Waals surface area (Å²) in [7, 11) is 0. The smallest absolute Gasteiger partial charge is 0.342 e. The molecular weight excluding hydrogens is 419 g/mol. The zero-order valence-electron chi connectivity index (χ0n) is 17.0. The normalized spacial score (nSPS) is 19.7. The number of fused-ring (bicyclic) bond motifs is 1. The molecule has 0 aliphatic carbocycles. The summed E-state index contributed by atoms with van der Waals surface area (Å²) in [5.41, 5.74) is -0.180. The fraction of sp³-hybridized carbons (Fsp3) is 0.318. The molecule has 2 aliphatic heterocycles. The number of ether oxygens (including phenoxy) is 3. The molecule has 10 heteroatoms. The Morgan fingerprint density at radius 1 is 1.12 bits per heavy atom. The van der Waals surface area contributed by atoms with Crippen molar-refractivity contribution in [1.29, 1.82) is 0 Å². The van der Waals surface area contributed by atoms with Gasteiger partial charge < -0.3 is 19.1 Å². The Morgan fingerprint density at radius 2 is 1.94 bits per heavy atom. The van der Waals surface area contributed by atoms with Gasteiger partial charge in [-0.1, -0.05) is 12.1 Å². The summed E-state index contributed by atoms with van der Waals surface area (Å²) in [4.78, 5) is 27.6. The number of hydrogen-bond acceptors (Lipinski definition) is 7. The summed E-state index contributed by atoms with van der Waals surface area (Å²) in [5, 5.41) is 6.21. The van der Waals surface area contributed by atoms with Gasteiger partial charge in [-0.05, 0) is 42.2 Å². The average molecular weight is 440 g/mol. The van der Waals surface area contributed by atoms with E-state index in [0.29, 0.717) is 43.4 Å². The second-order valence-corrected chi connectivity index (χ2v) is 7.81. The van der Waals surface area contributed by atoms with Gasteiger partial charge in [0.05, 0.1) is 6.61 Å². The highest BCUT2D eigenvalue weighted by Gasteiger charge is 2.33. The molecule has 3 aromatic rings. The van der Waals surface area contributed by atoms with Gasteiger partial charge in [-0.25, -0.2) is 14.3 Å². The third-order valence-electron chi connectivity index (χ3n) is 5.83. The lowest BCUT2D eigenvalue weighted by molar-refractivity contribution is 0.173. The zero-order chi connectivity index (χ0) is 22.1. The number of anilines is 1. The molecule has 0 spiro atoms. The molecule has 0 bridgehead atoms. The van der Waals surface area contributed by atoms with Crippen molar-refractivity contribution < 1.29 is 18.6 Å². The summed E-state index contributed by atoms with van der Waals surface area (Å²) in [6.07, 6.45) is 0.709. The maximum atomic E-state index is 13.5. The first kappa shape index (κ1) is 20.1. The van der Waals surface area contributed by atoms with Gasteiger partial charge in [-0.2, -0.15) is 0 Å². The molecule has 2 N–H and O–H groups in total. The van der Waals surface area contributed by atoms with Crippen molar-refractivity contribution in [2.24, 2.45) is 5.92 Å². The van der Waals surface area contributed by atoms with Crippen LogP contribution in [0, 0.1) is 11.7 Å². The molecule has 1 aromatic heterocycles. The van der Waals surface area contributed by atoms with Crippen molar-refractivity contribution in [3.8, 4) is 17.2 Å². The Kier molecular flexibility index (Phi) is 5.26. The summed E-state index contributed by atoms with van der Waals surface area (Å²) in [6.45, 7) is 1.59. The average Bonchev–Trinajstić information content (AvgIpc) is 3.26. The second kappa shape index (κ2) is 8.37. The Labute approximate surface area is 181 Å². The third-order valence-corrected chi connectivity index (χ3v) is 5.83. The van der Waals surface area contributed by atoms with Gasteiger partial charge in [-0.3, -0.25) is 9.78 Å². The Balaban J connectivity index is 1.38. The van der Waals surface area contributed by atoms with Gasteiger partial charge in [0, 0.05) is 25.1 Å². The molecule has 5 rings (SSSR count). The van der Waals surface area contributed by atoms with Gasteiger partial charge >= 0.3 is 5.69 Å². The third kappa shape index (κ3) is 4.03. The molecule has 2 aromatic carbocycles. The first-order chi connectivity index (χ1) is 15.6. The second-order valence-electron chi connectivity index (χ2n) is 7.81. The number of aromatic amines is 2. The molecule has 1 fully saturated rings. The number of halogens is 1. The fourth-order valence-corrected chi connectivity index (χ4v) is 4.27. The molecule has 2 aliphatic rings. The minimum Gasteiger partial charge on any atom is -0.493 e. The molecule has 0 amide bonds. The standard InChI is InChI=1S/C22H21FN4O5/c23-15-3-1-13(2-4-15)17-7-8-27(20-21(28)24-22(29)26-25-20)10-14(17)11-30-16-5-6-18-19(9-16)32-12-31-18/h1-6,9,14,17H,7-8,10-12H2,(H2,24,26,28,29). The Hall–Kier alpha value is -3.82. The number of H-pyrrole nitrogens is 2. The van der Waals surface area contributed by atoms with E-state index >= 15 is 0 Å². The highest BCUT2D eigenvalue weighted by atomic mass is 19.1. The minimum atomic E-state index is -0.650. The highest BCUT2D eigenvalue weighted by Crippen LogP contribution is 2.37. The van der Waals surface area contributed by atoms with Crippen LogP contribution in [0.25, 0.3) is 0 Å². The van der Waals surface area contributed by atoms with Crippen molar-refractivity contribution in [1.82, 2.24) is 15.2 Å². The predicted octanol–water partition coefficient (Wildman–Crippen LogP) is 2.02. The maximum Gasteiger partial charge on any atom is 0.342 e. The number of nitrogens with one attached hydrogen (secondary N) is 2. The molecule has 32 heavy (non-hydrogen) atoms. The van der Waals surface area contributed by atoms with Crippen LogP contribution in [0.4, 0.5) is 10.2 Å². The Bertz CT molecular complexity index is 1230. The largest absolute Gasteiger partial charge is 0.493 e. The van der Waals surface area contributed by atoms with E-state index in [1.54, 1.807) is 24.3 Å². The molecule has 3 heterocycles. The van der Waals surface area contributed by atoms with Crippen LogP contribution in [0.15, 0.2) is 52.1 Å². The maximum absolute atomic E-state index is 13.5. The van der Waals surface area contributed by atoms with Crippen LogP contribution in [0.1, 0.15) is 17.9 Å². The van der Waals surface area contributed by atoms with E-state index in [9.17, 15) is 14.0 Å². The number of benzene rings is 2.